The van der Waals surface area contributed by atoms with E-state index < -0.39 is 17.7 Å². The maximum absolute atomic E-state index is 13.7. The Kier molecular flexibility index (Phi) is 8.76. The smallest absolute Gasteiger partial charge is 0.300 e. The van der Waals surface area contributed by atoms with Crippen molar-refractivity contribution in [2.45, 2.75) is 59.9 Å². The molecular formula is C34H39NO6. The average molecular weight is 558 g/mol. The number of hydrogen-bond acceptors (Lipinski definition) is 6. The number of aliphatic hydroxyl groups excluding tert-OH is 1. The van der Waals surface area contributed by atoms with E-state index in [4.69, 9.17) is 14.2 Å². The van der Waals surface area contributed by atoms with Crippen LogP contribution in [0.2, 0.25) is 0 Å². The first-order valence-corrected chi connectivity index (χ1v) is 14.1. The van der Waals surface area contributed by atoms with Crippen LogP contribution in [-0.4, -0.2) is 36.6 Å². The molecule has 1 unspecified atom stereocenters. The van der Waals surface area contributed by atoms with Gasteiger partial charge in [0.2, 0.25) is 0 Å². The maximum atomic E-state index is 13.7. The van der Waals surface area contributed by atoms with E-state index in [1.54, 1.807) is 30.3 Å². The highest BCUT2D eigenvalue weighted by atomic mass is 16.5. The van der Waals surface area contributed by atoms with Crippen LogP contribution >= 0.6 is 0 Å². The van der Waals surface area contributed by atoms with E-state index in [1.807, 2.05) is 58.0 Å². The molecule has 3 aromatic rings. The highest BCUT2D eigenvalue weighted by molar-refractivity contribution is 6.51. The lowest BCUT2D eigenvalue weighted by Crippen LogP contribution is -2.29. The number of hydrogen-bond donors (Lipinski definition) is 1. The molecule has 0 bridgehead atoms. The summed E-state index contributed by atoms with van der Waals surface area (Å²) in [4.78, 5) is 28.8. The molecule has 0 radical (unpaired) electrons. The van der Waals surface area contributed by atoms with Gasteiger partial charge in [-0.2, -0.15) is 0 Å². The molecule has 0 aliphatic carbocycles. The Balaban J connectivity index is 1.94. The topological polar surface area (TPSA) is 85.3 Å². The van der Waals surface area contributed by atoms with E-state index in [9.17, 15) is 14.7 Å². The fourth-order valence-electron chi connectivity index (χ4n) is 5.14. The summed E-state index contributed by atoms with van der Waals surface area (Å²) < 4.78 is 17.4. The third-order valence-corrected chi connectivity index (χ3v) is 6.97. The monoisotopic (exact) mass is 557 g/mol. The number of benzene rings is 3. The molecular weight excluding hydrogens is 518 g/mol. The SMILES string of the molecule is CCOc1ccc(N2C(=O)C(=O)/C(=C(\O)c3ccc(OCC)c(C(C)(C)C)c3)C2c2cccc(C)c2)cc1OCC. The Morgan fingerprint density at radius 1 is 0.829 bits per heavy atom. The second-order valence-corrected chi connectivity index (χ2v) is 11.0. The minimum Gasteiger partial charge on any atom is -0.507 e. The summed E-state index contributed by atoms with van der Waals surface area (Å²) in [5.41, 5.74) is 3.20. The van der Waals surface area contributed by atoms with Crippen molar-refractivity contribution >= 4 is 23.1 Å². The molecule has 7 nitrogen and oxygen atoms in total. The summed E-state index contributed by atoms with van der Waals surface area (Å²) in [5.74, 6) is 0.00889. The van der Waals surface area contributed by atoms with E-state index >= 15 is 0 Å². The van der Waals surface area contributed by atoms with Crippen molar-refractivity contribution in [2.24, 2.45) is 0 Å². The van der Waals surface area contributed by atoms with Gasteiger partial charge < -0.3 is 19.3 Å². The maximum Gasteiger partial charge on any atom is 0.300 e. The van der Waals surface area contributed by atoms with E-state index in [1.165, 1.54) is 4.90 Å². The number of ketones is 1. The second kappa shape index (κ2) is 12.1. The summed E-state index contributed by atoms with van der Waals surface area (Å²) in [5, 5.41) is 11.7. The lowest BCUT2D eigenvalue weighted by molar-refractivity contribution is -0.132. The summed E-state index contributed by atoms with van der Waals surface area (Å²) in [6.45, 7) is 15.1. The summed E-state index contributed by atoms with van der Waals surface area (Å²) in [6, 6.07) is 17.3. The first-order chi connectivity index (χ1) is 19.5. The number of amides is 1. The number of carbonyl (C=O) groups excluding carboxylic acids is 2. The standard InChI is InChI=1S/C34H39NO6/c1-8-39-26-16-14-23(19-25(26)34(5,6)7)31(36)29-30(22-13-11-12-21(4)18-22)35(33(38)32(29)37)24-15-17-27(40-9-2)28(20-24)41-10-3/h11-20,30,36H,8-10H2,1-7H3/b31-29-. The molecule has 7 heteroatoms. The predicted octanol–water partition coefficient (Wildman–Crippen LogP) is 7.11. The molecule has 41 heavy (non-hydrogen) atoms. The van der Waals surface area contributed by atoms with Crippen molar-refractivity contribution in [2.75, 3.05) is 24.7 Å². The van der Waals surface area contributed by atoms with Crippen LogP contribution in [0.15, 0.2) is 66.2 Å². The quantitative estimate of drug-likeness (QED) is 0.171. The number of Topliss-reactive ketones (excluding diaryl/α,β-unsaturated/α-hetero) is 1. The van der Waals surface area contributed by atoms with Gasteiger partial charge >= 0.3 is 0 Å². The zero-order chi connectivity index (χ0) is 29.9. The van der Waals surface area contributed by atoms with Gasteiger partial charge in [0.15, 0.2) is 11.5 Å². The van der Waals surface area contributed by atoms with E-state index in [2.05, 4.69) is 20.8 Å². The molecule has 1 saturated heterocycles. The summed E-state index contributed by atoms with van der Waals surface area (Å²) >= 11 is 0. The van der Waals surface area contributed by atoms with E-state index in [0.29, 0.717) is 53.9 Å². The fourth-order valence-corrected chi connectivity index (χ4v) is 5.14. The van der Waals surface area contributed by atoms with Gasteiger partial charge in [0.1, 0.15) is 11.5 Å². The van der Waals surface area contributed by atoms with Crippen LogP contribution in [0.5, 0.6) is 17.2 Å². The predicted molar refractivity (Wildman–Crippen MR) is 161 cm³/mol. The highest BCUT2D eigenvalue weighted by Crippen LogP contribution is 2.45. The number of rotatable bonds is 9. The van der Waals surface area contributed by atoms with Gasteiger partial charge in [-0.1, -0.05) is 50.6 Å². The van der Waals surface area contributed by atoms with Crippen molar-refractivity contribution in [3.63, 3.8) is 0 Å². The van der Waals surface area contributed by atoms with Crippen molar-refractivity contribution in [1.29, 1.82) is 0 Å². The number of aliphatic hydroxyl groups is 1. The Morgan fingerprint density at radius 2 is 1.46 bits per heavy atom. The minimum absolute atomic E-state index is 0.0245. The van der Waals surface area contributed by atoms with Crippen molar-refractivity contribution in [3.8, 4) is 17.2 Å². The van der Waals surface area contributed by atoms with Crippen LogP contribution in [0.4, 0.5) is 5.69 Å². The largest absolute Gasteiger partial charge is 0.507 e. The molecule has 0 saturated carbocycles. The van der Waals surface area contributed by atoms with Crippen molar-refractivity contribution in [3.05, 3.63) is 88.5 Å². The summed E-state index contributed by atoms with van der Waals surface area (Å²) in [7, 11) is 0. The van der Waals surface area contributed by atoms with Crippen molar-refractivity contribution in [1.82, 2.24) is 0 Å². The summed E-state index contributed by atoms with van der Waals surface area (Å²) in [6.07, 6.45) is 0. The molecule has 1 atom stereocenters. The Labute approximate surface area is 242 Å². The number of nitrogens with zero attached hydrogens (tertiary/aromatic N) is 1. The van der Waals surface area contributed by atoms with Gasteiger partial charge in [-0.05, 0) is 69.0 Å². The molecule has 1 heterocycles. The van der Waals surface area contributed by atoms with Gasteiger partial charge in [-0.25, -0.2) is 0 Å². The lowest BCUT2D eigenvalue weighted by Gasteiger charge is -2.27. The molecule has 1 N–H and O–H groups in total. The van der Waals surface area contributed by atoms with Crippen LogP contribution in [0.1, 0.15) is 69.8 Å². The number of carbonyl (C=O) groups is 2. The second-order valence-electron chi connectivity index (χ2n) is 11.0. The first-order valence-electron chi connectivity index (χ1n) is 14.1. The number of anilines is 1. The van der Waals surface area contributed by atoms with Crippen LogP contribution in [0, 0.1) is 6.92 Å². The molecule has 0 spiro atoms. The van der Waals surface area contributed by atoms with Gasteiger partial charge in [0.05, 0.1) is 31.4 Å². The molecule has 1 aliphatic rings. The normalized spacial score (nSPS) is 16.7. The minimum atomic E-state index is -0.855. The lowest BCUT2D eigenvalue weighted by atomic mass is 9.84. The van der Waals surface area contributed by atoms with Gasteiger partial charge in [-0.15, -0.1) is 0 Å². The third-order valence-electron chi connectivity index (χ3n) is 6.97. The van der Waals surface area contributed by atoms with Crippen LogP contribution < -0.4 is 19.1 Å². The Morgan fingerprint density at radius 3 is 2.10 bits per heavy atom. The number of ether oxygens (including phenoxy) is 3. The van der Waals surface area contributed by atoms with Gasteiger partial charge in [0.25, 0.3) is 11.7 Å². The van der Waals surface area contributed by atoms with Gasteiger partial charge in [-0.3, -0.25) is 14.5 Å². The first kappa shape index (κ1) is 29.7. The number of aryl methyl sites for hydroxylation is 1. The van der Waals surface area contributed by atoms with Crippen LogP contribution in [-0.2, 0) is 15.0 Å². The Hall–Kier alpha value is -4.26. The van der Waals surface area contributed by atoms with Crippen LogP contribution in [0.25, 0.3) is 5.76 Å². The average Bonchev–Trinajstić information content (AvgIpc) is 3.19. The van der Waals surface area contributed by atoms with Crippen molar-refractivity contribution < 1.29 is 28.9 Å². The molecule has 1 aliphatic heterocycles. The highest BCUT2D eigenvalue weighted by Gasteiger charge is 2.47. The van der Waals surface area contributed by atoms with Gasteiger partial charge in [0, 0.05) is 22.9 Å². The Bertz CT molecular complexity index is 1480. The molecule has 4 rings (SSSR count). The molecule has 3 aromatic carbocycles. The third kappa shape index (κ3) is 5.94. The van der Waals surface area contributed by atoms with Crippen LogP contribution in [0.3, 0.4) is 0 Å². The molecule has 1 amide bonds. The zero-order valence-corrected chi connectivity index (χ0v) is 24.9. The molecule has 0 aromatic heterocycles. The zero-order valence-electron chi connectivity index (χ0n) is 24.9. The molecule has 1 fully saturated rings. The molecule has 216 valence electrons. The van der Waals surface area contributed by atoms with E-state index in [0.717, 1.165) is 11.1 Å². The fraction of sp³-hybridized carbons (Fsp3) is 0.353. The van der Waals surface area contributed by atoms with E-state index in [-0.39, 0.29) is 16.7 Å².